The summed E-state index contributed by atoms with van der Waals surface area (Å²) in [5, 5.41) is 0.489. The second-order valence-electron chi connectivity index (χ2n) is 3.91. The maximum atomic E-state index is 11.1. The monoisotopic (exact) mass is 226 g/mol. The Labute approximate surface area is 95.2 Å². The minimum atomic E-state index is 0.00677. The molecule has 0 spiro atoms. The van der Waals surface area contributed by atoms with Crippen LogP contribution in [0.25, 0.3) is 0 Å². The summed E-state index contributed by atoms with van der Waals surface area (Å²) in [6.45, 7) is 6.27. The van der Waals surface area contributed by atoms with Crippen molar-refractivity contribution >= 4 is 17.4 Å². The molecule has 0 aliphatic heterocycles. The van der Waals surface area contributed by atoms with E-state index < -0.39 is 0 Å². The number of hydrogen-bond acceptors (Lipinski definition) is 2. The molecule has 0 aliphatic carbocycles. The molecule has 0 unspecified atom stereocenters. The van der Waals surface area contributed by atoms with E-state index in [1.807, 2.05) is 0 Å². The minimum Gasteiger partial charge on any atom is -0.492 e. The van der Waals surface area contributed by atoms with E-state index in [1.165, 1.54) is 6.92 Å². The first-order valence-electron chi connectivity index (χ1n) is 4.94. The Morgan fingerprint density at radius 2 is 2.13 bits per heavy atom. The van der Waals surface area contributed by atoms with Gasteiger partial charge in [0.2, 0.25) is 0 Å². The molecule has 82 valence electrons. The molecule has 0 saturated carbocycles. The molecule has 0 radical (unpaired) electrons. The highest BCUT2D eigenvalue weighted by Gasteiger charge is 2.06. The fraction of sp³-hybridized carbons (Fsp3) is 0.417. The molecule has 0 bridgehead atoms. The van der Waals surface area contributed by atoms with E-state index in [0.717, 1.165) is 0 Å². The Bertz CT molecular complexity index is 359. The molecule has 0 amide bonds. The highest BCUT2D eigenvalue weighted by atomic mass is 35.5. The van der Waals surface area contributed by atoms with Crippen LogP contribution >= 0.6 is 11.6 Å². The van der Waals surface area contributed by atoms with Crippen LogP contribution in [0.4, 0.5) is 0 Å². The van der Waals surface area contributed by atoms with E-state index in [0.29, 0.717) is 28.9 Å². The summed E-state index contributed by atoms with van der Waals surface area (Å²) in [6.07, 6.45) is 0. The van der Waals surface area contributed by atoms with Gasteiger partial charge in [0, 0.05) is 5.56 Å². The van der Waals surface area contributed by atoms with Crippen LogP contribution in [-0.2, 0) is 0 Å². The first-order chi connectivity index (χ1) is 7.00. The molecule has 1 rings (SSSR count). The predicted octanol–water partition coefficient (Wildman–Crippen LogP) is 3.58. The van der Waals surface area contributed by atoms with Gasteiger partial charge in [-0.1, -0.05) is 25.4 Å². The van der Waals surface area contributed by atoms with Gasteiger partial charge in [-0.25, -0.2) is 0 Å². The van der Waals surface area contributed by atoms with Crippen molar-refractivity contribution in [3.8, 4) is 5.75 Å². The van der Waals surface area contributed by atoms with E-state index in [-0.39, 0.29) is 5.78 Å². The van der Waals surface area contributed by atoms with Crippen molar-refractivity contribution in [1.29, 1.82) is 0 Å². The molecular formula is C12H15ClO2. The molecule has 1 aromatic carbocycles. The van der Waals surface area contributed by atoms with E-state index in [4.69, 9.17) is 16.3 Å². The second kappa shape index (κ2) is 5.17. The lowest BCUT2D eigenvalue weighted by Crippen LogP contribution is -2.05. The van der Waals surface area contributed by atoms with Crippen molar-refractivity contribution in [3.05, 3.63) is 28.8 Å². The number of ketones is 1. The van der Waals surface area contributed by atoms with Crippen LogP contribution in [0.5, 0.6) is 5.75 Å². The molecular weight excluding hydrogens is 212 g/mol. The lowest BCUT2D eigenvalue weighted by Gasteiger charge is -2.10. The van der Waals surface area contributed by atoms with Gasteiger partial charge in [-0.15, -0.1) is 0 Å². The zero-order valence-corrected chi connectivity index (χ0v) is 9.97. The standard InChI is InChI=1S/C12H15ClO2/c1-8(2)7-15-12-5-4-10(9(3)14)6-11(12)13/h4-6,8H,7H2,1-3H3. The number of Topliss-reactive ketones (excluding diaryl/α,β-unsaturated/α-hetero) is 1. The van der Waals surface area contributed by atoms with Crippen LogP contribution in [0.15, 0.2) is 18.2 Å². The largest absolute Gasteiger partial charge is 0.492 e. The molecule has 0 heterocycles. The highest BCUT2D eigenvalue weighted by molar-refractivity contribution is 6.32. The van der Waals surface area contributed by atoms with E-state index in [1.54, 1.807) is 18.2 Å². The maximum Gasteiger partial charge on any atom is 0.159 e. The summed E-state index contributed by atoms with van der Waals surface area (Å²) in [6, 6.07) is 5.10. The lowest BCUT2D eigenvalue weighted by atomic mass is 10.1. The molecule has 1 aromatic rings. The number of rotatable bonds is 4. The maximum absolute atomic E-state index is 11.1. The molecule has 0 saturated heterocycles. The lowest BCUT2D eigenvalue weighted by molar-refractivity contribution is 0.101. The second-order valence-corrected chi connectivity index (χ2v) is 4.31. The minimum absolute atomic E-state index is 0.00677. The average Bonchev–Trinajstić information content (AvgIpc) is 2.15. The number of carbonyl (C=O) groups is 1. The van der Waals surface area contributed by atoms with Gasteiger partial charge in [0.1, 0.15) is 5.75 Å². The van der Waals surface area contributed by atoms with Gasteiger partial charge in [0.25, 0.3) is 0 Å². The van der Waals surface area contributed by atoms with Crippen LogP contribution in [0, 0.1) is 5.92 Å². The molecule has 2 nitrogen and oxygen atoms in total. The van der Waals surface area contributed by atoms with Gasteiger partial charge in [0.15, 0.2) is 5.78 Å². The third-order valence-corrected chi connectivity index (χ3v) is 2.21. The smallest absolute Gasteiger partial charge is 0.159 e. The fourth-order valence-electron chi connectivity index (χ4n) is 1.09. The number of ether oxygens (including phenoxy) is 1. The Hall–Kier alpha value is -1.02. The zero-order valence-electron chi connectivity index (χ0n) is 9.21. The van der Waals surface area contributed by atoms with Crippen molar-refractivity contribution in [2.24, 2.45) is 5.92 Å². The van der Waals surface area contributed by atoms with Gasteiger partial charge < -0.3 is 4.74 Å². The van der Waals surface area contributed by atoms with Crippen molar-refractivity contribution in [2.45, 2.75) is 20.8 Å². The summed E-state index contributed by atoms with van der Waals surface area (Å²) in [7, 11) is 0. The Morgan fingerprint density at radius 3 is 2.60 bits per heavy atom. The quantitative estimate of drug-likeness (QED) is 0.734. The number of hydrogen-bond donors (Lipinski definition) is 0. The Kier molecular flexibility index (Phi) is 4.15. The zero-order chi connectivity index (χ0) is 11.4. The Balaban J connectivity index is 2.79. The molecule has 0 N–H and O–H groups in total. The van der Waals surface area contributed by atoms with Gasteiger partial charge in [-0.3, -0.25) is 4.79 Å². The number of benzene rings is 1. The first kappa shape index (κ1) is 12.1. The third-order valence-electron chi connectivity index (χ3n) is 1.91. The van der Waals surface area contributed by atoms with Crippen LogP contribution in [0.3, 0.4) is 0 Å². The fourth-order valence-corrected chi connectivity index (χ4v) is 1.33. The van der Waals surface area contributed by atoms with E-state index in [2.05, 4.69) is 13.8 Å². The van der Waals surface area contributed by atoms with Gasteiger partial charge in [0.05, 0.1) is 11.6 Å². The summed E-state index contributed by atoms with van der Waals surface area (Å²) >= 11 is 5.98. The SMILES string of the molecule is CC(=O)c1ccc(OCC(C)C)c(Cl)c1. The van der Waals surface area contributed by atoms with Crippen LogP contribution < -0.4 is 4.74 Å². The average molecular weight is 227 g/mol. The van der Waals surface area contributed by atoms with Gasteiger partial charge in [-0.05, 0) is 31.0 Å². The van der Waals surface area contributed by atoms with Crippen LogP contribution in [0.1, 0.15) is 31.1 Å². The first-order valence-corrected chi connectivity index (χ1v) is 5.31. The topological polar surface area (TPSA) is 26.3 Å². The molecule has 3 heteroatoms. The predicted molar refractivity (Wildman–Crippen MR) is 61.8 cm³/mol. The van der Waals surface area contributed by atoms with E-state index in [9.17, 15) is 4.79 Å². The summed E-state index contributed by atoms with van der Waals surface area (Å²) in [4.78, 5) is 11.1. The van der Waals surface area contributed by atoms with Crippen molar-refractivity contribution in [3.63, 3.8) is 0 Å². The normalized spacial score (nSPS) is 10.5. The van der Waals surface area contributed by atoms with Crippen molar-refractivity contribution < 1.29 is 9.53 Å². The van der Waals surface area contributed by atoms with E-state index >= 15 is 0 Å². The summed E-state index contributed by atoms with van der Waals surface area (Å²) in [5.41, 5.74) is 0.608. The Morgan fingerprint density at radius 1 is 1.47 bits per heavy atom. The van der Waals surface area contributed by atoms with Gasteiger partial charge >= 0.3 is 0 Å². The number of halogens is 1. The van der Waals surface area contributed by atoms with Crippen LogP contribution in [0.2, 0.25) is 5.02 Å². The molecule has 15 heavy (non-hydrogen) atoms. The number of carbonyl (C=O) groups excluding carboxylic acids is 1. The summed E-state index contributed by atoms with van der Waals surface area (Å²) < 4.78 is 5.49. The van der Waals surface area contributed by atoms with Crippen LogP contribution in [-0.4, -0.2) is 12.4 Å². The highest BCUT2D eigenvalue weighted by Crippen LogP contribution is 2.26. The molecule has 0 fully saturated rings. The molecule has 0 aliphatic rings. The van der Waals surface area contributed by atoms with Crippen molar-refractivity contribution in [2.75, 3.05) is 6.61 Å². The summed E-state index contributed by atoms with van der Waals surface area (Å²) in [5.74, 6) is 1.09. The third kappa shape index (κ3) is 3.56. The van der Waals surface area contributed by atoms with Gasteiger partial charge in [-0.2, -0.15) is 0 Å². The van der Waals surface area contributed by atoms with Crippen molar-refractivity contribution in [1.82, 2.24) is 0 Å². The molecule has 0 aromatic heterocycles. The molecule has 0 atom stereocenters.